The third kappa shape index (κ3) is 5.07. The summed E-state index contributed by atoms with van der Waals surface area (Å²) in [6.07, 6.45) is 5.29. The summed E-state index contributed by atoms with van der Waals surface area (Å²) in [6.45, 7) is 6.88. The van der Waals surface area contributed by atoms with Crippen molar-refractivity contribution in [2.24, 2.45) is 11.3 Å². The van der Waals surface area contributed by atoms with Gasteiger partial charge in [-0.15, -0.1) is 0 Å². The maximum Gasteiger partial charge on any atom is 0.313 e. The molecule has 2 rings (SSSR count). The van der Waals surface area contributed by atoms with Gasteiger partial charge in [-0.1, -0.05) is 49.2 Å². The Labute approximate surface area is 152 Å². The van der Waals surface area contributed by atoms with Crippen molar-refractivity contribution in [3.05, 3.63) is 28.7 Å². The zero-order valence-electron chi connectivity index (χ0n) is 14.7. The van der Waals surface area contributed by atoms with Gasteiger partial charge in [0.15, 0.2) is 0 Å². The van der Waals surface area contributed by atoms with Crippen LogP contribution in [0.4, 0.5) is 5.69 Å². The van der Waals surface area contributed by atoms with E-state index in [1.54, 1.807) is 12.1 Å². The molecule has 2 N–H and O–H groups in total. The molecule has 0 atom stereocenters. The second-order valence-corrected chi connectivity index (χ2v) is 8.24. The van der Waals surface area contributed by atoms with Gasteiger partial charge in [-0.05, 0) is 55.2 Å². The molecule has 1 fully saturated rings. The lowest BCUT2D eigenvalue weighted by Crippen LogP contribution is -2.44. The molecule has 0 spiro atoms. The van der Waals surface area contributed by atoms with Crippen LogP contribution in [0.15, 0.2) is 28.7 Å². The van der Waals surface area contributed by atoms with Crippen molar-refractivity contribution < 1.29 is 9.59 Å². The summed E-state index contributed by atoms with van der Waals surface area (Å²) in [6, 6.07) is 7.31. The van der Waals surface area contributed by atoms with Crippen molar-refractivity contribution in [1.82, 2.24) is 5.32 Å². The van der Waals surface area contributed by atoms with Gasteiger partial charge in [0.25, 0.3) is 0 Å². The summed E-state index contributed by atoms with van der Waals surface area (Å²) in [5, 5.41) is 5.51. The van der Waals surface area contributed by atoms with Crippen molar-refractivity contribution in [3.8, 4) is 0 Å². The standard InChI is InChI=1S/C19H27BrN2O2/c1-4-19(2,3)13-8-10-15(11-9-13)21-17(23)18(24)22-16-7-5-6-14(20)12-16/h5-7,12-13,15H,4,8-11H2,1-3H3,(H,21,23)(H,22,24). The lowest BCUT2D eigenvalue weighted by atomic mass is 9.69. The first-order valence-corrected chi connectivity index (χ1v) is 9.48. The summed E-state index contributed by atoms with van der Waals surface area (Å²) < 4.78 is 0.859. The molecule has 1 aromatic carbocycles. The maximum atomic E-state index is 12.1. The van der Waals surface area contributed by atoms with Crippen LogP contribution in [-0.4, -0.2) is 17.9 Å². The number of hydrogen-bond acceptors (Lipinski definition) is 2. The largest absolute Gasteiger partial charge is 0.345 e. The monoisotopic (exact) mass is 394 g/mol. The van der Waals surface area contributed by atoms with Crippen molar-refractivity contribution in [2.75, 3.05) is 5.32 Å². The van der Waals surface area contributed by atoms with Crippen LogP contribution >= 0.6 is 15.9 Å². The smallest absolute Gasteiger partial charge is 0.313 e. The van der Waals surface area contributed by atoms with E-state index >= 15 is 0 Å². The highest BCUT2D eigenvalue weighted by Crippen LogP contribution is 2.40. The number of carbonyl (C=O) groups excluding carboxylic acids is 2. The zero-order chi connectivity index (χ0) is 17.7. The Morgan fingerprint density at radius 1 is 1.17 bits per heavy atom. The van der Waals surface area contributed by atoms with Gasteiger partial charge < -0.3 is 10.6 Å². The highest BCUT2D eigenvalue weighted by molar-refractivity contribution is 9.10. The number of anilines is 1. The molecule has 2 amide bonds. The minimum Gasteiger partial charge on any atom is -0.345 e. The van der Waals surface area contributed by atoms with Gasteiger partial charge in [-0.2, -0.15) is 0 Å². The molecular weight excluding hydrogens is 368 g/mol. The van der Waals surface area contributed by atoms with E-state index in [1.807, 2.05) is 12.1 Å². The lowest BCUT2D eigenvalue weighted by Gasteiger charge is -2.39. The van der Waals surface area contributed by atoms with Crippen LogP contribution in [0.25, 0.3) is 0 Å². The third-order valence-electron chi connectivity index (χ3n) is 5.37. The van der Waals surface area contributed by atoms with Crippen LogP contribution < -0.4 is 10.6 Å². The molecule has 5 heteroatoms. The Bertz CT molecular complexity index is 593. The average Bonchev–Trinajstić information content (AvgIpc) is 2.55. The van der Waals surface area contributed by atoms with Gasteiger partial charge in [0.2, 0.25) is 0 Å². The molecule has 1 aliphatic rings. The topological polar surface area (TPSA) is 58.2 Å². The molecular formula is C19H27BrN2O2. The number of amides is 2. The Hall–Kier alpha value is -1.36. The van der Waals surface area contributed by atoms with E-state index < -0.39 is 11.8 Å². The van der Waals surface area contributed by atoms with Gasteiger partial charge in [0, 0.05) is 16.2 Å². The van der Waals surface area contributed by atoms with Gasteiger partial charge in [-0.3, -0.25) is 9.59 Å². The Kier molecular flexibility index (Phi) is 6.44. The van der Waals surface area contributed by atoms with Crippen LogP contribution in [0.3, 0.4) is 0 Å². The number of halogens is 1. The summed E-state index contributed by atoms with van der Waals surface area (Å²) in [7, 11) is 0. The molecule has 0 radical (unpaired) electrons. The second-order valence-electron chi connectivity index (χ2n) is 7.33. The number of rotatable bonds is 4. The summed E-state index contributed by atoms with van der Waals surface area (Å²) in [4.78, 5) is 24.1. The van der Waals surface area contributed by atoms with E-state index in [0.29, 0.717) is 17.0 Å². The van der Waals surface area contributed by atoms with Crippen molar-refractivity contribution >= 4 is 33.4 Å². The number of hydrogen-bond donors (Lipinski definition) is 2. The molecule has 0 unspecified atom stereocenters. The fourth-order valence-electron chi connectivity index (χ4n) is 3.31. The summed E-state index contributed by atoms with van der Waals surface area (Å²) in [5.74, 6) is -0.455. The van der Waals surface area contributed by atoms with Crippen LogP contribution in [0.5, 0.6) is 0 Å². The zero-order valence-corrected chi connectivity index (χ0v) is 16.3. The first-order valence-electron chi connectivity index (χ1n) is 8.69. The number of benzene rings is 1. The molecule has 1 saturated carbocycles. The molecule has 0 aromatic heterocycles. The molecule has 0 bridgehead atoms. The first kappa shape index (κ1) is 19.0. The van der Waals surface area contributed by atoms with Gasteiger partial charge in [0.1, 0.15) is 0 Å². The molecule has 4 nitrogen and oxygen atoms in total. The van der Waals surface area contributed by atoms with E-state index in [0.717, 1.165) is 30.2 Å². The highest BCUT2D eigenvalue weighted by Gasteiger charge is 2.32. The van der Waals surface area contributed by atoms with E-state index in [4.69, 9.17) is 0 Å². The quantitative estimate of drug-likeness (QED) is 0.738. The minimum atomic E-state index is -0.607. The number of carbonyl (C=O) groups is 2. The van der Waals surface area contributed by atoms with E-state index in [2.05, 4.69) is 47.3 Å². The molecule has 1 aromatic rings. The maximum absolute atomic E-state index is 12.1. The summed E-state index contributed by atoms with van der Waals surface area (Å²) in [5.41, 5.74) is 0.963. The molecule has 1 aliphatic carbocycles. The van der Waals surface area contributed by atoms with Gasteiger partial charge in [-0.25, -0.2) is 0 Å². The average molecular weight is 395 g/mol. The van der Waals surface area contributed by atoms with Crippen LogP contribution in [-0.2, 0) is 9.59 Å². The minimum absolute atomic E-state index is 0.106. The van der Waals surface area contributed by atoms with Gasteiger partial charge >= 0.3 is 11.8 Å². The fourth-order valence-corrected chi connectivity index (χ4v) is 3.71. The number of nitrogens with one attached hydrogen (secondary N) is 2. The van der Waals surface area contributed by atoms with E-state index in [-0.39, 0.29) is 6.04 Å². The Morgan fingerprint density at radius 2 is 1.83 bits per heavy atom. The van der Waals surface area contributed by atoms with E-state index in [1.165, 1.54) is 6.42 Å². The van der Waals surface area contributed by atoms with Gasteiger partial charge in [0.05, 0.1) is 0 Å². The lowest BCUT2D eigenvalue weighted by molar-refractivity contribution is -0.136. The fraction of sp³-hybridized carbons (Fsp3) is 0.579. The summed E-state index contributed by atoms with van der Waals surface area (Å²) >= 11 is 3.34. The SMILES string of the molecule is CCC(C)(C)C1CCC(NC(=O)C(=O)Nc2cccc(Br)c2)CC1. The molecule has 0 aliphatic heterocycles. The third-order valence-corrected chi connectivity index (χ3v) is 5.86. The van der Waals surface area contributed by atoms with Crippen molar-refractivity contribution in [1.29, 1.82) is 0 Å². The normalized spacial score (nSPS) is 21.2. The predicted octanol–water partition coefficient (Wildman–Crippen LogP) is 4.50. The molecule has 0 heterocycles. The molecule has 0 saturated heterocycles. The Morgan fingerprint density at radius 3 is 2.42 bits per heavy atom. The molecule has 24 heavy (non-hydrogen) atoms. The van der Waals surface area contributed by atoms with Crippen molar-refractivity contribution in [2.45, 2.75) is 58.9 Å². The van der Waals surface area contributed by atoms with Crippen LogP contribution in [0.1, 0.15) is 52.9 Å². The second kappa shape index (κ2) is 8.15. The van der Waals surface area contributed by atoms with E-state index in [9.17, 15) is 9.59 Å². The highest BCUT2D eigenvalue weighted by atomic mass is 79.9. The van der Waals surface area contributed by atoms with Crippen molar-refractivity contribution in [3.63, 3.8) is 0 Å². The molecule has 132 valence electrons. The van der Waals surface area contributed by atoms with Crippen LogP contribution in [0.2, 0.25) is 0 Å². The van der Waals surface area contributed by atoms with Crippen LogP contribution in [0, 0.1) is 11.3 Å². The predicted molar refractivity (Wildman–Crippen MR) is 101 cm³/mol. The Balaban J connectivity index is 1.82. The first-order chi connectivity index (χ1) is 11.3.